The van der Waals surface area contributed by atoms with Crippen LogP contribution in [0.1, 0.15) is 0 Å². The van der Waals surface area contributed by atoms with Crippen molar-refractivity contribution in [3.8, 4) is 90.0 Å². The van der Waals surface area contributed by atoms with E-state index in [2.05, 4.69) is 220 Å². The van der Waals surface area contributed by atoms with Crippen molar-refractivity contribution in [2.24, 2.45) is 0 Å². The first-order valence-electron chi connectivity index (χ1n) is 27.8. The van der Waals surface area contributed by atoms with Gasteiger partial charge in [-0.25, -0.2) is 19.8 Å². The second-order valence-electron chi connectivity index (χ2n) is 21.0. The third kappa shape index (κ3) is 7.92. The first kappa shape index (κ1) is 47.5. The molecule has 0 saturated carbocycles. The lowest BCUT2D eigenvalue weighted by molar-refractivity contribution is 0.667. The van der Waals surface area contributed by atoms with Gasteiger partial charge in [-0.05, 0) is 105 Å². The summed E-state index contributed by atoms with van der Waals surface area (Å²) >= 11 is 0. The second kappa shape index (κ2) is 19.4. The number of nitrogens with zero attached hydrogens (tertiary/aromatic N) is 6. The van der Waals surface area contributed by atoms with E-state index in [1.165, 1.54) is 0 Å². The van der Waals surface area contributed by atoms with Gasteiger partial charge in [-0.15, -0.1) is 0 Å². The number of fused-ring (bicyclic) bond motifs is 9. The summed E-state index contributed by atoms with van der Waals surface area (Å²) in [7, 11) is 0. The van der Waals surface area contributed by atoms with Crippen molar-refractivity contribution in [3.63, 3.8) is 0 Å². The average Bonchev–Trinajstić information content (AvgIpc) is 2.54. The summed E-state index contributed by atoms with van der Waals surface area (Å²) in [5.41, 5.74) is 18.4. The van der Waals surface area contributed by atoms with Crippen LogP contribution in [0.25, 0.3) is 160 Å². The zero-order valence-electron chi connectivity index (χ0n) is 44.6. The van der Waals surface area contributed by atoms with Crippen LogP contribution in [0.2, 0.25) is 0 Å². The van der Waals surface area contributed by atoms with E-state index in [1.54, 1.807) is 0 Å². The summed E-state index contributed by atoms with van der Waals surface area (Å²) in [4.78, 5) is 20.1. The van der Waals surface area contributed by atoms with Crippen LogP contribution in [0.15, 0.2) is 283 Å². The molecule has 0 amide bonds. The van der Waals surface area contributed by atoms with Gasteiger partial charge in [-0.2, -0.15) is 0 Å². The van der Waals surface area contributed by atoms with Gasteiger partial charge in [0.25, 0.3) is 0 Å². The smallest absolute Gasteiger partial charge is 0.213 e. The van der Waals surface area contributed by atoms with Crippen LogP contribution in [0.3, 0.4) is 0 Å². The molecule has 83 heavy (non-hydrogen) atoms. The molecule has 0 aliphatic carbocycles. The number of para-hydroxylation sites is 1. The molecule has 0 spiro atoms. The molecular weight excluding hydrogens is 1010 g/mol. The van der Waals surface area contributed by atoms with Crippen LogP contribution in [-0.4, -0.2) is 24.1 Å². The fourth-order valence-corrected chi connectivity index (χ4v) is 12.3. The minimum absolute atomic E-state index is 0.466. The van der Waals surface area contributed by atoms with E-state index >= 15 is 0 Å². The number of furan rings is 1. The van der Waals surface area contributed by atoms with Crippen LogP contribution in [0.5, 0.6) is 0 Å². The van der Waals surface area contributed by atoms with Crippen LogP contribution >= 0.6 is 0 Å². The van der Waals surface area contributed by atoms with Gasteiger partial charge in [0.1, 0.15) is 5.58 Å². The normalized spacial score (nSPS) is 11.6. The highest BCUT2D eigenvalue weighted by molar-refractivity contribution is 6.21. The van der Waals surface area contributed by atoms with Crippen LogP contribution < -0.4 is 0 Å². The number of hydrogen-bond acceptors (Lipinski definition) is 4. The predicted octanol–water partition coefficient (Wildman–Crippen LogP) is 20.2. The van der Waals surface area contributed by atoms with E-state index in [4.69, 9.17) is 19.4 Å². The Hall–Kier alpha value is -11.5. The van der Waals surface area contributed by atoms with E-state index in [0.717, 1.165) is 121 Å². The fraction of sp³-hybridized carbons (Fsp3) is 0. The maximum atomic E-state index is 9.36. The molecule has 4 aromatic heterocycles. The zero-order chi connectivity index (χ0) is 55.0. The van der Waals surface area contributed by atoms with Gasteiger partial charge in [0.15, 0.2) is 23.1 Å². The SMILES string of the molecule is [C-]#[N+]c1cc(-n2c3ccc(-c4ccccc4)cc3c3cc(-c4ccccc4)ccc32)c2oc3c(-c4nc(-c5ccccc5)nc(-c5ccccc5)n4)cccc3c2c1-n1c2ccc(-c3ccccc3)cc2c2cc(-c3ccccc3)ccc21. The summed E-state index contributed by atoms with van der Waals surface area (Å²) in [5, 5.41) is 5.90. The Morgan fingerprint density at radius 1 is 0.301 bits per heavy atom. The summed E-state index contributed by atoms with van der Waals surface area (Å²) in [6, 6.07) is 97.3. The van der Waals surface area contributed by atoms with Gasteiger partial charge in [0.2, 0.25) is 5.69 Å². The number of aromatic nitrogens is 5. The minimum Gasteiger partial charge on any atom is -0.453 e. The molecule has 0 bridgehead atoms. The maximum absolute atomic E-state index is 9.36. The maximum Gasteiger partial charge on any atom is 0.213 e. The molecule has 0 saturated heterocycles. The number of hydrogen-bond donors (Lipinski definition) is 0. The Bertz CT molecular complexity index is 4990. The molecule has 0 atom stereocenters. The highest BCUT2D eigenvalue weighted by Crippen LogP contribution is 2.50. The Labute approximate surface area is 477 Å². The third-order valence-electron chi connectivity index (χ3n) is 16.2. The van der Waals surface area contributed by atoms with Crippen molar-refractivity contribution in [3.05, 3.63) is 290 Å². The van der Waals surface area contributed by atoms with Gasteiger partial charge in [0.05, 0.1) is 45.6 Å². The molecular formula is C76H46N6O. The molecule has 12 aromatic carbocycles. The molecule has 16 rings (SSSR count). The zero-order valence-corrected chi connectivity index (χ0v) is 44.6. The van der Waals surface area contributed by atoms with Crippen molar-refractivity contribution < 1.29 is 4.42 Å². The Kier molecular flexibility index (Phi) is 11.1. The molecule has 7 heteroatoms. The van der Waals surface area contributed by atoms with Crippen molar-refractivity contribution in [2.75, 3.05) is 0 Å². The number of rotatable bonds is 9. The third-order valence-corrected chi connectivity index (χ3v) is 16.2. The quantitative estimate of drug-likeness (QED) is 0.135. The first-order chi connectivity index (χ1) is 41.1. The van der Waals surface area contributed by atoms with Gasteiger partial charge >= 0.3 is 0 Å². The molecule has 0 aliphatic heterocycles. The van der Waals surface area contributed by atoms with Crippen LogP contribution in [-0.2, 0) is 0 Å². The van der Waals surface area contributed by atoms with E-state index in [1.807, 2.05) is 72.8 Å². The van der Waals surface area contributed by atoms with E-state index in [-0.39, 0.29) is 0 Å². The molecule has 7 nitrogen and oxygen atoms in total. The van der Waals surface area contributed by atoms with Gasteiger partial charge < -0.3 is 13.6 Å². The minimum atomic E-state index is 0.466. The summed E-state index contributed by atoms with van der Waals surface area (Å²) < 4.78 is 12.2. The average molecular weight is 1060 g/mol. The lowest BCUT2D eigenvalue weighted by atomic mass is 10.0. The Balaban J connectivity index is 1.04. The van der Waals surface area contributed by atoms with Gasteiger partial charge in [0, 0.05) is 43.4 Å². The van der Waals surface area contributed by atoms with Crippen molar-refractivity contribution in [1.29, 1.82) is 0 Å². The van der Waals surface area contributed by atoms with E-state index in [9.17, 15) is 6.57 Å². The standard InChI is InChI=1S/C76H46N6O/c1-77-64-47-69(81-65-39-35-54(48-21-8-2-9-22-48)43-60(65)61-44-55(36-40-66(61)81)49-23-10-3-11-24-49)73-70(58-33-20-34-59(72(58)83-73)76-79-74(52-29-16-6-17-30-52)78-75(80-76)53-31-18-7-19-32-53)71(64)82-67-41-37-56(50-25-12-4-13-26-50)45-62(67)63-46-57(38-42-68(63)82)51-27-14-5-15-28-51/h2-47H. The summed E-state index contributed by atoms with van der Waals surface area (Å²) in [6.45, 7) is 9.36. The van der Waals surface area contributed by atoms with Crippen LogP contribution in [0, 0.1) is 6.57 Å². The molecule has 386 valence electrons. The number of benzene rings is 12. The van der Waals surface area contributed by atoms with Crippen molar-refractivity contribution in [1.82, 2.24) is 24.1 Å². The Morgan fingerprint density at radius 2 is 0.663 bits per heavy atom. The highest BCUT2D eigenvalue weighted by Gasteiger charge is 2.29. The largest absolute Gasteiger partial charge is 0.453 e. The molecule has 16 aromatic rings. The fourth-order valence-electron chi connectivity index (χ4n) is 12.3. The molecule has 4 heterocycles. The molecule has 0 unspecified atom stereocenters. The topological polar surface area (TPSA) is 66.0 Å². The molecule has 0 radical (unpaired) electrons. The van der Waals surface area contributed by atoms with Crippen molar-refractivity contribution in [2.45, 2.75) is 0 Å². The lowest BCUT2D eigenvalue weighted by Crippen LogP contribution is -2.00. The first-order valence-corrected chi connectivity index (χ1v) is 27.8. The monoisotopic (exact) mass is 1060 g/mol. The van der Waals surface area contributed by atoms with Crippen molar-refractivity contribution >= 4 is 71.2 Å². The van der Waals surface area contributed by atoms with E-state index < -0.39 is 0 Å². The summed E-state index contributed by atoms with van der Waals surface area (Å²) in [6.07, 6.45) is 0. The predicted molar refractivity (Wildman–Crippen MR) is 340 cm³/mol. The van der Waals surface area contributed by atoms with Gasteiger partial charge in [-0.3, -0.25) is 0 Å². The van der Waals surface area contributed by atoms with Crippen LogP contribution in [0.4, 0.5) is 5.69 Å². The second-order valence-corrected chi connectivity index (χ2v) is 21.0. The summed E-state index contributed by atoms with van der Waals surface area (Å²) in [5.74, 6) is 1.56. The Morgan fingerprint density at radius 3 is 1.05 bits per heavy atom. The molecule has 0 N–H and O–H groups in total. The molecule has 0 aliphatic rings. The van der Waals surface area contributed by atoms with Gasteiger partial charge in [-0.1, -0.05) is 218 Å². The van der Waals surface area contributed by atoms with E-state index in [0.29, 0.717) is 39.9 Å². The highest BCUT2D eigenvalue weighted by atomic mass is 16.3. The lowest BCUT2D eigenvalue weighted by Gasteiger charge is -2.16. The molecule has 0 fully saturated rings.